The summed E-state index contributed by atoms with van der Waals surface area (Å²) in [6.45, 7) is 8.09. The molecule has 4 nitrogen and oxygen atoms in total. The van der Waals surface area contributed by atoms with Gasteiger partial charge in [0.1, 0.15) is 4.88 Å². The number of piperidine rings is 1. The van der Waals surface area contributed by atoms with Crippen LogP contribution in [0.5, 0.6) is 0 Å². The highest BCUT2D eigenvalue weighted by Gasteiger charge is 2.21. The zero-order valence-electron chi connectivity index (χ0n) is 14.4. The van der Waals surface area contributed by atoms with Gasteiger partial charge in [-0.2, -0.15) is 0 Å². The molecule has 0 aromatic carbocycles. The highest BCUT2D eigenvalue weighted by atomic mass is 32.1. The lowest BCUT2D eigenvalue weighted by Crippen LogP contribution is -2.38. The lowest BCUT2D eigenvalue weighted by atomic mass is 9.96. The molecule has 3 heterocycles. The summed E-state index contributed by atoms with van der Waals surface area (Å²) in [5, 5.41) is 6.31. The van der Waals surface area contributed by atoms with Crippen molar-refractivity contribution in [3.05, 3.63) is 38.0 Å². The SMILES string of the molecule is CCc1nc(C)c(C(=O)NCC2CCN(Cc3cccs3)CC2)s1. The fourth-order valence-electron chi connectivity index (χ4n) is 3.10. The van der Waals surface area contributed by atoms with Gasteiger partial charge in [0.2, 0.25) is 0 Å². The first kappa shape index (κ1) is 17.6. The van der Waals surface area contributed by atoms with Crippen LogP contribution in [-0.2, 0) is 13.0 Å². The van der Waals surface area contributed by atoms with Crippen molar-refractivity contribution >= 4 is 28.6 Å². The molecule has 2 aromatic heterocycles. The van der Waals surface area contributed by atoms with Crippen molar-refractivity contribution < 1.29 is 4.79 Å². The maximum atomic E-state index is 12.4. The predicted molar refractivity (Wildman–Crippen MR) is 101 cm³/mol. The van der Waals surface area contributed by atoms with Crippen LogP contribution in [0.25, 0.3) is 0 Å². The minimum absolute atomic E-state index is 0.0470. The van der Waals surface area contributed by atoms with Gasteiger partial charge < -0.3 is 5.32 Å². The zero-order valence-corrected chi connectivity index (χ0v) is 16.0. The molecule has 2 aromatic rings. The third-order valence-electron chi connectivity index (χ3n) is 4.57. The van der Waals surface area contributed by atoms with E-state index in [1.807, 2.05) is 18.3 Å². The van der Waals surface area contributed by atoms with Crippen molar-refractivity contribution in [3.8, 4) is 0 Å². The number of thiophene rings is 1. The Morgan fingerprint density at radius 1 is 1.42 bits per heavy atom. The summed E-state index contributed by atoms with van der Waals surface area (Å²) in [5.74, 6) is 0.637. The lowest BCUT2D eigenvalue weighted by molar-refractivity contribution is 0.0938. The smallest absolute Gasteiger partial charge is 0.263 e. The number of carbonyl (C=O) groups is 1. The molecule has 6 heteroatoms. The molecule has 0 saturated carbocycles. The molecule has 0 radical (unpaired) electrons. The van der Waals surface area contributed by atoms with E-state index in [2.05, 4.69) is 39.6 Å². The number of hydrogen-bond acceptors (Lipinski definition) is 5. The van der Waals surface area contributed by atoms with Crippen LogP contribution in [-0.4, -0.2) is 35.4 Å². The normalized spacial score (nSPS) is 16.4. The van der Waals surface area contributed by atoms with Gasteiger partial charge in [0.25, 0.3) is 5.91 Å². The molecule has 1 fully saturated rings. The number of thiazole rings is 1. The van der Waals surface area contributed by atoms with E-state index in [4.69, 9.17) is 0 Å². The minimum Gasteiger partial charge on any atom is -0.351 e. The molecule has 1 aliphatic rings. The van der Waals surface area contributed by atoms with Crippen molar-refractivity contribution in [1.29, 1.82) is 0 Å². The Balaban J connectivity index is 1.43. The summed E-state index contributed by atoms with van der Waals surface area (Å²) in [6, 6.07) is 4.33. The number of aromatic nitrogens is 1. The van der Waals surface area contributed by atoms with Crippen LogP contribution in [0.15, 0.2) is 17.5 Å². The molecule has 0 aliphatic carbocycles. The molecule has 0 atom stereocenters. The maximum absolute atomic E-state index is 12.4. The molecule has 1 aliphatic heterocycles. The zero-order chi connectivity index (χ0) is 16.9. The first-order chi connectivity index (χ1) is 11.7. The van der Waals surface area contributed by atoms with Crippen molar-refractivity contribution in [2.24, 2.45) is 5.92 Å². The molecule has 0 spiro atoms. The van der Waals surface area contributed by atoms with Gasteiger partial charge in [-0.3, -0.25) is 9.69 Å². The molecule has 1 amide bonds. The van der Waals surface area contributed by atoms with Crippen molar-refractivity contribution in [3.63, 3.8) is 0 Å². The Bertz CT molecular complexity index is 658. The summed E-state index contributed by atoms with van der Waals surface area (Å²) in [4.78, 5) is 21.5. The van der Waals surface area contributed by atoms with Gasteiger partial charge in [-0.15, -0.1) is 22.7 Å². The third-order valence-corrected chi connectivity index (χ3v) is 6.73. The Labute approximate surface area is 151 Å². The Morgan fingerprint density at radius 2 is 2.21 bits per heavy atom. The number of nitrogens with one attached hydrogen (secondary N) is 1. The highest BCUT2D eigenvalue weighted by molar-refractivity contribution is 7.13. The second kappa shape index (κ2) is 8.23. The molecular weight excluding hydrogens is 338 g/mol. The number of likely N-dealkylation sites (tertiary alicyclic amines) is 1. The van der Waals surface area contributed by atoms with Gasteiger partial charge in [-0.05, 0) is 56.6 Å². The highest BCUT2D eigenvalue weighted by Crippen LogP contribution is 2.21. The van der Waals surface area contributed by atoms with Crippen LogP contribution in [0.3, 0.4) is 0 Å². The predicted octanol–water partition coefficient (Wildman–Crippen LogP) is 3.72. The van der Waals surface area contributed by atoms with E-state index in [1.54, 1.807) is 0 Å². The van der Waals surface area contributed by atoms with Crippen LogP contribution >= 0.6 is 22.7 Å². The van der Waals surface area contributed by atoms with E-state index in [0.717, 1.165) is 61.0 Å². The summed E-state index contributed by atoms with van der Waals surface area (Å²) in [5.41, 5.74) is 0.861. The lowest BCUT2D eigenvalue weighted by Gasteiger charge is -2.31. The molecule has 1 saturated heterocycles. The molecule has 24 heavy (non-hydrogen) atoms. The van der Waals surface area contributed by atoms with Crippen LogP contribution in [0, 0.1) is 12.8 Å². The van der Waals surface area contributed by atoms with Crippen molar-refractivity contribution in [1.82, 2.24) is 15.2 Å². The average molecular weight is 364 g/mol. The van der Waals surface area contributed by atoms with E-state index in [9.17, 15) is 4.79 Å². The first-order valence-corrected chi connectivity index (χ1v) is 10.3. The van der Waals surface area contributed by atoms with E-state index in [-0.39, 0.29) is 5.91 Å². The largest absolute Gasteiger partial charge is 0.351 e. The summed E-state index contributed by atoms with van der Waals surface area (Å²) in [7, 11) is 0. The molecule has 0 bridgehead atoms. The van der Waals surface area contributed by atoms with Crippen LogP contribution in [0.4, 0.5) is 0 Å². The van der Waals surface area contributed by atoms with Crippen LogP contribution in [0.2, 0.25) is 0 Å². The summed E-state index contributed by atoms with van der Waals surface area (Å²) >= 11 is 3.36. The van der Waals surface area contributed by atoms with E-state index >= 15 is 0 Å². The van der Waals surface area contributed by atoms with Gasteiger partial charge in [0.15, 0.2) is 0 Å². The van der Waals surface area contributed by atoms with Crippen LogP contribution in [0.1, 0.15) is 45.0 Å². The quantitative estimate of drug-likeness (QED) is 0.851. The van der Waals surface area contributed by atoms with Crippen molar-refractivity contribution in [2.45, 2.75) is 39.7 Å². The van der Waals surface area contributed by atoms with Crippen molar-refractivity contribution in [2.75, 3.05) is 19.6 Å². The van der Waals surface area contributed by atoms with Gasteiger partial charge in [0.05, 0.1) is 10.7 Å². The number of carbonyl (C=O) groups excluding carboxylic acids is 1. The Kier molecular flexibility index (Phi) is 6.03. The van der Waals surface area contributed by atoms with E-state index < -0.39 is 0 Å². The fraction of sp³-hybridized carbons (Fsp3) is 0.556. The Hall–Kier alpha value is -1.24. The first-order valence-electron chi connectivity index (χ1n) is 8.65. The second-order valence-electron chi connectivity index (χ2n) is 6.38. The Morgan fingerprint density at radius 3 is 2.83 bits per heavy atom. The minimum atomic E-state index is 0.0470. The molecular formula is C18H25N3OS2. The number of nitrogens with zero attached hydrogens (tertiary/aromatic N) is 2. The van der Waals surface area contributed by atoms with Gasteiger partial charge in [0, 0.05) is 18.0 Å². The number of amides is 1. The molecule has 0 unspecified atom stereocenters. The maximum Gasteiger partial charge on any atom is 0.263 e. The summed E-state index contributed by atoms with van der Waals surface area (Å²) < 4.78 is 0. The molecule has 130 valence electrons. The fourth-order valence-corrected chi connectivity index (χ4v) is 4.77. The third kappa shape index (κ3) is 4.43. The van der Waals surface area contributed by atoms with Gasteiger partial charge >= 0.3 is 0 Å². The van der Waals surface area contributed by atoms with E-state index in [0.29, 0.717) is 5.92 Å². The topological polar surface area (TPSA) is 45.2 Å². The summed E-state index contributed by atoms with van der Waals surface area (Å²) in [6.07, 6.45) is 3.21. The van der Waals surface area contributed by atoms with Crippen LogP contribution < -0.4 is 5.32 Å². The molecule has 1 N–H and O–H groups in total. The second-order valence-corrected chi connectivity index (χ2v) is 8.50. The average Bonchev–Trinajstić information content (AvgIpc) is 3.23. The number of aryl methyl sites for hydroxylation is 2. The monoisotopic (exact) mass is 363 g/mol. The van der Waals surface area contributed by atoms with Gasteiger partial charge in [-0.25, -0.2) is 4.98 Å². The number of hydrogen-bond donors (Lipinski definition) is 1. The van der Waals surface area contributed by atoms with Gasteiger partial charge in [-0.1, -0.05) is 13.0 Å². The number of rotatable bonds is 6. The standard InChI is InChI=1S/C18H25N3OS2/c1-3-16-20-13(2)17(24-16)18(22)19-11-14-6-8-21(9-7-14)12-15-5-4-10-23-15/h4-5,10,14H,3,6-9,11-12H2,1-2H3,(H,19,22). The van der Waals surface area contributed by atoms with E-state index in [1.165, 1.54) is 16.2 Å². The molecule has 3 rings (SSSR count).